The van der Waals surface area contributed by atoms with Gasteiger partial charge in [0.2, 0.25) is 0 Å². The predicted molar refractivity (Wildman–Crippen MR) is 373 cm³/mol. The molecule has 0 aliphatic heterocycles. The highest BCUT2D eigenvalue weighted by atomic mass is 15.3. The van der Waals surface area contributed by atoms with Crippen LogP contribution in [0.5, 0.6) is 0 Å². The van der Waals surface area contributed by atoms with Crippen LogP contribution in [0.3, 0.4) is 0 Å². The first-order chi connectivity index (χ1) is 42.0. The van der Waals surface area contributed by atoms with Crippen LogP contribution in [-0.4, -0.2) is 79.2 Å². The van der Waals surface area contributed by atoms with E-state index in [1.807, 2.05) is 166 Å². The minimum atomic E-state index is 0.485. The van der Waals surface area contributed by atoms with Gasteiger partial charge in [-0.3, -0.25) is 44.2 Å². The Balaban J connectivity index is 0.000000495. The van der Waals surface area contributed by atoms with Crippen molar-refractivity contribution >= 4 is 0 Å². The summed E-state index contributed by atoms with van der Waals surface area (Å²) < 4.78 is 7.79. The molecule has 10 heterocycles. The number of nitrogens with one attached hydrogen (secondary N) is 2. The van der Waals surface area contributed by atoms with Gasteiger partial charge in [-0.1, -0.05) is 109 Å². The summed E-state index contributed by atoms with van der Waals surface area (Å²) in [6.07, 6.45) is 32.3. The van der Waals surface area contributed by atoms with Crippen molar-refractivity contribution < 1.29 is 0 Å². The lowest BCUT2D eigenvalue weighted by molar-refractivity contribution is 0.532. The highest BCUT2D eigenvalue weighted by molar-refractivity contribution is 5.19. The Hall–Kier alpha value is -8.14. The number of hydrogen-bond donors (Lipinski definition) is 2. The molecule has 2 N–H and O–H groups in total. The Kier molecular flexibility index (Phi) is 39.3. The zero-order valence-corrected chi connectivity index (χ0v) is 59.1. The van der Waals surface area contributed by atoms with Gasteiger partial charge in [-0.15, -0.1) is 0 Å². The first-order valence-electron chi connectivity index (χ1n) is 31.6. The van der Waals surface area contributed by atoms with Gasteiger partial charge in [-0.2, -0.15) is 25.5 Å². The summed E-state index contributed by atoms with van der Waals surface area (Å²) in [6, 6.07) is 22.0. The van der Waals surface area contributed by atoms with Crippen LogP contribution in [0.4, 0.5) is 0 Å². The fourth-order valence-corrected chi connectivity index (χ4v) is 7.14. The van der Waals surface area contributed by atoms with Crippen LogP contribution >= 0.6 is 0 Å². The van der Waals surface area contributed by atoms with Gasteiger partial charge in [0.05, 0.1) is 30.6 Å². The minimum absolute atomic E-state index is 0.485. The number of rotatable bonds is 10. The third-order valence-corrected chi connectivity index (χ3v) is 13.3. The third kappa shape index (κ3) is 36.1. The van der Waals surface area contributed by atoms with Crippen molar-refractivity contribution in [2.45, 2.75) is 226 Å². The molecule has 0 radical (unpaired) electrons. The average molecular weight is 1220 g/mol. The second-order valence-electron chi connectivity index (χ2n) is 24.8. The maximum atomic E-state index is 4.20. The van der Waals surface area contributed by atoms with E-state index in [2.05, 4.69) is 234 Å². The van der Waals surface area contributed by atoms with E-state index in [4.69, 9.17) is 0 Å². The summed E-state index contributed by atoms with van der Waals surface area (Å²) >= 11 is 0. The molecule has 10 aromatic rings. The van der Waals surface area contributed by atoms with Crippen molar-refractivity contribution in [2.75, 3.05) is 0 Å². The van der Waals surface area contributed by atoms with E-state index >= 15 is 0 Å². The SMILES string of the molecule is CC(C)c1cccnc1.CC(C)c1ccn[nH]1.CC(C)c1ccncc1.CC(C)c1cn[nH]c1.CC(C)c1cnn(C)c1.CC(C)n1cccn1.Cc1cc(C(C)C)ccn1.Cc1ccc(C(C)C)cn1.Cc1cn(C(C)C)cn1.Cc1cnn(C(C)C)c1. The molecule has 0 saturated carbocycles. The molecule has 89 heavy (non-hydrogen) atoms. The Bertz CT molecular complexity index is 2940. The molecule has 0 fully saturated rings. The van der Waals surface area contributed by atoms with E-state index in [9.17, 15) is 0 Å². The number of hydrogen-bond acceptors (Lipinski definition) is 10. The predicted octanol–water partition coefficient (Wildman–Crippen LogP) is 19.1. The van der Waals surface area contributed by atoms with Gasteiger partial charge in [-0.25, -0.2) is 4.98 Å². The van der Waals surface area contributed by atoms with Crippen molar-refractivity contribution in [1.29, 1.82) is 0 Å². The Morgan fingerprint density at radius 2 is 0.989 bits per heavy atom. The number of aromatic amines is 2. The fraction of sp³-hybridized carbons (Fsp3) is 0.479. The molecule has 0 aliphatic carbocycles. The number of nitrogens with zero attached hydrogens (tertiary/aromatic N) is 14. The van der Waals surface area contributed by atoms with Gasteiger partial charge in [0.15, 0.2) is 0 Å². The molecule has 16 heteroatoms. The van der Waals surface area contributed by atoms with E-state index < -0.39 is 0 Å². The van der Waals surface area contributed by atoms with E-state index in [0.29, 0.717) is 59.6 Å². The zero-order valence-electron chi connectivity index (χ0n) is 59.1. The average Bonchev–Trinajstić information content (AvgIpc) is 4.60. The molecule has 0 bridgehead atoms. The Labute approximate surface area is 537 Å². The van der Waals surface area contributed by atoms with Crippen LogP contribution in [0.2, 0.25) is 0 Å². The summed E-state index contributed by atoms with van der Waals surface area (Å²) in [5, 5.41) is 25.5. The van der Waals surface area contributed by atoms with Crippen LogP contribution in [0.25, 0.3) is 0 Å². The number of aryl methyl sites for hydroxylation is 5. The number of imidazole rings is 1. The van der Waals surface area contributed by atoms with Crippen molar-refractivity contribution in [3.05, 3.63) is 228 Å². The lowest BCUT2D eigenvalue weighted by atomic mass is 10.0. The highest BCUT2D eigenvalue weighted by Gasteiger charge is 2.02. The van der Waals surface area contributed by atoms with Crippen LogP contribution in [0.1, 0.15) is 260 Å². The zero-order chi connectivity index (χ0) is 67.0. The molecule has 0 aromatic carbocycles. The molecule has 0 atom stereocenters. The van der Waals surface area contributed by atoms with Crippen LogP contribution < -0.4 is 0 Å². The minimum Gasteiger partial charge on any atom is -0.335 e. The van der Waals surface area contributed by atoms with Gasteiger partial charge >= 0.3 is 0 Å². The van der Waals surface area contributed by atoms with Gasteiger partial charge in [0, 0.05) is 123 Å². The standard InChI is InChI=1S/2C9H13N.2C8H11N.3C7H12N2.3C6H10N2/c1-7(2)9-4-5-10-8(3)6-9;1-7(2)9-5-4-8(3)10-6-9;1-7(2)8-3-5-9-6-4-8;1-7(2)8-4-3-5-9-6-8;1-6(2)7-4-8-9(3)5-7;1-6(2)9-4-7(3)8-5-9;1-6(2)9-5-7(3)4-8-9;1-5(2)6-3-7-8-4-6;1-6(2)8-5-3-4-7-8;1-5(2)6-3-4-7-8-6/h2*4-7H,1-3H3;2*3-7H,1-2H3;3*4-6H,1-3H3;3-5H,1-2H3,(H,7,8);3-6H,1-2H3;3-5H,1-2H3,(H,7,8). The van der Waals surface area contributed by atoms with Crippen LogP contribution in [0, 0.1) is 27.7 Å². The van der Waals surface area contributed by atoms with Crippen molar-refractivity contribution in [2.24, 2.45) is 7.05 Å². The molecular formula is C73H114N16. The molecule has 0 amide bonds. The summed E-state index contributed by atoms with van der Waals surface area (Å²) in [4.78, 5) is 20.4. The van der Waals surface area contributed by atoms with E-state index in [1.54, 1.807) is 18.6 Å². The monoisotopic (exact) mass is 1210 g/mol. The summed E-state index contributed by atoms with van der Waals surface area (Å²) in [5.41, 5.74) is 13.6. The van der Waals surface area contributed by atoms with Crippen LogP contribution in [0.15, 0.2) is 166 Å². The molecule has 10 rings (SSSR count). The highest BCUT2D eigenvalue weighted by Crippen LogP contribution is 2.16. The lowest BCUT2D eigenvalue weighted by Gasteiger charge is -2.03. The van der Waals surface area contributed by atoms with E-state index in [-0.39, 0.29) is 0 Å². The summed E-state index contributed by atoms with van der Waals surface area (Å²) in [7, 11) is 1.94. The maximum Gasteiger partial charge on any atom is 0.0951 e. The van der Waals surface area contributed by atoms with Gasteiger partial charge < -0.3 is 4.57 Å². The summed E-state index contributed by atoms with van der Waals surface area (Å²) in [6.45, 7) is 51.1. The molecule has 10 aromatic heterocycles. The second-order valence-corrected chi connectivity index (χ2v) is 24.8. The number of pyridine rings is 4. The Morgan fingerprint density at radius 3 is 1.28 bits per heavy atom. The lowest BCUT2D eigenvalue weighted by Crippen LogP contribution is -1.99. The van der Waals surface area contributed by atoms with Gasteiger partial charge in [0.25, 0.3) is 0 Å². The smallest absolute Gasteiger partial charge is 0.0951 e. The second kappa shape index (κ2) is 44.3. The van der Waals surface area contributed by atoms with Gasteiger partial charge in [0.1, 0.15) is 0 Å². The topological polar surface area (TPSA) is 180 Å². The fourth-order valence-electron chi connectivity index (χ4n) is 7.14. The largest absolute Gasteiger partial charge is 0.335 e. The Morgan fingerprint density at radius 1 is 0.382 bits per heavy atom. The van der Waals surface area contributed by atoms with E-state index in [0.717, 1.165) is 17.1 Å². The van der Waals surface area contributed by atoms with Crippen molar-refractivity contribution in [3.8, 4) is 0 Å². The van der Waals surface area contributed by atoms with Crippen molar-refractivity contribution in [3.63, 3.8) is 0 Å². The molecule has 0 unspecified atom stereocenters. The van der Waals surface area contributed by atoms with Crippen LogP contribution in [-0.2, 0) is 7.05 Å². The molecule has 16 nitrogen and oxygen atoms in total. The van der Waals surface area contributed by atoms with Crippen molar-refractivity contribution in [1.82, 2.24) is 79.2 Å². The third-order valence-electron chi connectivity index (χ3n) is 13.3. The first kappa shape index (κ1) is 78.9. The van der Waals surface area contributed by atoms with E-state index in [1.165, 1.54) is 44.6 Å². The number of H-pyrrole nitrogens is 2. The molecule has 486 valence electrons. The normalized spacial score (nSPS) is 10.4. The number of aromatic nitrogens is 16. The molecular weight excluding hydrogens is 1100 g/mol. The summed E-state index contributed by atoms with van der Waals surface area (Å²) in [5.74, 6) is 4.17. The quantitative estimate of drug-likeness (QED) is 0.134. The molecule has 0 aliphatic rings. The molecule has 0 spiro atoms. The van der Waals surface area contributed by atoms with Gasteiger partial charge in [-0.05, 0) is 198 Å². The maximum absolute atomic E-state index is 4.20. The first-order valence-corrected chi connectivity index (χ1v) is 31.6. The molecule has 0 saturated heterocycles.